The minimum absolute atomic E-state index is 0.187. The maximum Gasteiger partial charge on any atom is 0.262 e. The van der Waals surface area contributed by atoms with E-state index in [1.54, 1.807) is 29.7 Å². The van der Waals surface area contributed by atoms with Crippen LogP contribution in [0.1, 0.15) is 33.5 Å². The van der Waals surface area contributed by atoms with Crippen molar-refractivity contribution in [2.45, 2.75) is 12.5 Å². The van der Waals surface area contributed by atoms with Crippen LogP contribution >= 0.6 is 11.3 Å². The van der Waals surface area contributed by atoms with E-state index >= 15 is 0 Å². The van der Waals surface area contributed by atoms with Gasteiger partial charge in [0.15, 0.2) is 0 Å². The van der Waals surface area contributed by atoms with E-state index in [1.807, 2.05) is 17.5 Å². The fourth-order valence-corrected chi connectivity index (χ4v) is 3.94. The van der Waals surface area contributed by atoms with Crippen molar-refractivity contribution in [2.75, 3.05) is 13.6 Å². The average Bonchev–Trinajstić information content (AvgIpc) is 3.47. The third-order valence-corrected chi connectivity index (χ3v) is 5.55. The predicted molar refractivity (Wildman–Crippen MR) is 107 cm³/mol. The largest absolute Gasteiger partial charge is 0.467 e. The zero-order valence-corrected chi connectivity index (χ0v) is 16.4. The molecule has 0 saturated carbocycles. The maximum atomic E-state index is 13.4. The molecule has 1 aliphatic rings. The van der Waals surface area contributed by atoms with Crippen LogP contribution in [0.2, 0.25) is 0 Å². The van der Waals surface area contributed by atoms with Crippen molar-refractivity contribution in [3.8, 4) is 0 Å². The predicted octanol–water partition coefficient (Wildman–Crippen LogP) is 3.93. The summed E-state index contributed by atoms with van der Waals surface area (Å²) in [6, 6.07) is 12.5. The highest BCUT2D eigenvalue weighted by Crippen LogP contribution is 2.34. The standard InChI is InChI=1S/C21H18FN3O3S/c1-24(21(27)14-5-2-6-15(22)11-14)13-20(26)25-17(18-7-3-9-28-18)12-16(23-25)19-8-4-10-29-19/h2-11,17H,12-13H2,1H3. The highest BCUT2D eigenvalue weighted by atomic mass is 32.1. The molecule has 0 bridgehead atoms. The number of hydrazone groups is 1. The number of rotatable bonds is 5. The number of halogens is 1. The first-order valence-electron chi connectivity index (χ1n) is 9.01. The van der Waals surface area contributed by atoms with Crippen LogP contribution in [0.25, 0.3) is 0 Å². The van der Waals surface area contributed by atoms with E-state index in [-0.39, 0.29) is 24.1 Å². The van der Waals surface area contributed by atoms with Gasteiger partial charge < -0.3 is 9.32 Å². The number of thiophene rings is 1. The molecule has 3 heterocycles. The minimum atomic E-state index is -0.502. The molecule has 0 spiro atoms. The van der Waals surface area contributed by atoms with Crippen LogP contribution in [0.15, 0.2) is 69.7 Å². The summed E-state index contributed by atoms with van der Waals surface area (Å²) in [6.45, 7) is -0.187. The molecule has 2 aromatic heterocycles. The Kier molecular flexibility index (Phi) is 5.26. The van der Waals surface area contributed by atoms with Crippen molar-refractivity contribution in [1.82, 2.24) is 9.91 Å². The van der Waals surface area contributed by atoms with E-state index < -0.39 is 11.7 Å². The van der Waals surface area contributed by atoms with Crippen molar-refractivity contribution >= 4 is 28.9 Å². The van der Waals surface area contributed by atoms with Gasteiger partial charge in [-0.05, 0) is 41.8 Å². The second-order valence-electron chi connectivity index (χ2n) is 6.67. The van der Waals surface area contributed by atoms with E-state index in [2.05, 4.69) is 5.10 Å². The molecule has 0 fully saturated rings. The van der Waals surface area contributed by atoms with E-state index in [9.17, 15) is 14.0 Å². The Morgan fingerprint density at radius 2 is 2.14 bits per heavy atom. The number of carbonyl (C=O) groups excluding carboxylic acids is 2. The molecule has 0 saturated heterocycles. The third kappa shape index (κ3) is 3.97. The smallest absolute Gasteiger partial charge is 0.262 e. The summed E-state index contributed by atoms with van der Waals surface area (Å²) in [5.74, 6) is -0.648. The Morgan fingerprint density at radius 1 is 1.28 bits per heavy atom. The molecule has 1 aromatic carbocycles. The van der Waals surface area contributed by atoms with Crippen molar-refractivity contribution in [3.63, 3.8) is 0 Å². The zero-order valence-electron chi connectivity index (χ0n) is 15.6. The van der Waals surface area contributed by atoms with E-state index in [4.69, 9.17) is 4.42 Å². The highest BCUT2D eigenvalue weighted by Gasteiger charge is 2.35. The summed E-state index contributed by atoms with van der Waals surface area (Å²) in [7, 11) is 1.51. The van der Waals surface area contributed by atoms with Gasteiger partial charge in [0.1, 0.15) is 24.2 Å². The molecule has 8 heteroatoms. The first-order chi connectivity index (χ1) is 14.0. The van der Waals surface area contributed by atoms with Crippen molar-refractivity contribution in [2.24, 2.45) is 5.10 Å². The monoisotopic (exact) mass is 411 g/mol. The molecule has 1 aliphatic heterocycles. The Bertz CT molecular complexity index is 1050. The van der Waals surface area contributed by atoms with Gasteiger partial charge in [0.25, 0.3) is 11.8 Å². The molecule has 0 N–H and O–H groups in total. The molecular weight excluding hydrogens is 393 g/mol. The van der Waals surface area contributed by atoms with Crippen molar-refractivity contribution in [3.05, 3.63) is 82.2 Å². The lowest BCUT2D eigenvalue weighted by Gasteiger charge is -2.23. The molecule has 29 heavy (non-hydrogen) atoms. The molecule has 2 amide bonds. The lowest BCUT2D eigenvalue weighted by molar-refractivity contribution is -0.133. The Hall–Kier alpha value is -3.26. The van der Waals surface area contributed by atoms with E-state index in [0.29, 0.717) is 12.2 Å². The number of hydrogen-bond acceptors (Lipinski definition) is 5. The van der Waals surface area contributed by atoms with Gasteiger partial charge in [0, 0.05) is 19.0 Å². The summed E-state index contributed by atoms with van der Waals surface area (Å²) in [5, 5.41) is 7.85. The first kappa shape index (κ1) is 19.1. The average molecular weight is 411 g/mol. The SMILES string of the molecule is CN(CC(=O)N1N=C(c2cccs2)CC1c1ccco1)C(=O)c1cccc(F)c1. The Morgan fingerprint density at radius 3 is 2.83 bits per heavy atom. The number of furan rings is 1. The normalized spacial score (nSPS) is 16.0. The zero-order chi connectivity index (χ0) is 20.4. The maximum absolute atomic E-state index is 13.4. The van der Waals surface area contributed by atoms with Crippen molar-refractivity contribution in [1.29, 1.82) is 0 Å². The van der Waals surface area contributed by atoms with Crippen LogP contribution in [0.5, 0.6) is 0 Å². The Labute approximate surface area is 170 Å². The summed E-state index contributed by atoms with van der Waals surface area (Å²) < 4.78 is 18.9. The number of carbonyl (C=O) groups is 2. The molecule has 0 aliphatic carbocycles. The fraction of sp³-hybridized carbons (Fsp3) is 0.190. The summed E-state index contributed by atoms with van der Waals surface area (Å²) in [6.07, 6.45) is 2.09. The number of likely N-dealkylation sites (N-methyl/N-ethyl adjacent to an activating group) is 1. The Balaban J connectivity index is 1.54. The van der Waals surface area contributed by atoms with Gasteiger partial charge in [0.05, 0.1) is 16.9 Å². The van der Waals surface area contributed by atoms with Gasteiger partial charge in [-0.25, -0.2) is 9.40 Å². The van der Waals surface area contributed by atoms with Crippen LogP contribution in [-0.2, 0) is 4.79 Å². The number of amides is 2. The van der Waals surface area contributed by atoms with Crippen LogP contribution in [0.3, 0.4) is 0 Å². The van der Waals surface area contributed by atoms with Gasteiger partial charge >= 0.3 is 0 Å². The molecule has 6 nitrogen and oxygen atoms in total. The minimum Gasteiger partial charge on any atom is -0.467 e. The van der Waals surface area contributed by atoms with Gasteiger partial charge in [-0.2, -0.15) is 5.10 Å². The molecule has 148 valence electrons. The van der Waals surface area contributed by atoms with Crippen LogP contribution < -0.4 is 0 Å². The quantitative estimate of drug-likeness (QED) is 0.639. The van der Waals surface area contributed by atoms with Gasteiger partial charge in [-0.3, -0.25) is 9.59 Å². The topological polar surface area (TPSA) is 66.1 Å². The summed E-state index contributed by atoms with van der Waals surface area (Å²) in [5.41, 5.74) is 0.987. The fourth-order valence-electron chi connectivity index (χ4n) is 3.22. The van der Waals surface area contributed by atoms with Crippen LogP contribution in [-0.4, -0.2) is 41.0 Å². The lowest BCUT2D eigenvalue weighted by atomic mass is 10.1. The summed E-state index contributed by atoms with van der Waals surface area (Å²) >= 11 is 1.55. The van der Waals surface area contributed by atoms with Gasteiger partial charge in [-0.15, -0.1) is 11.3 Å². The van der Waals surface area contributed by atoms with Crippen LogP contribution in [0.4, 0.5) is 4.39 Å². The number of nitrogens with zero attached hydrogens (tertiary/aromatic N) is 3. The third-order valence-electron chi connectivity index (χ3n) is 4.63. The number of benzene rings is 1. The summed E-state index contributed by atoms with van der Waals surface area (Å²) in [4.78, 5) is 27.8. The lowest BCUT2D eigenvalue weighted by Crippen LogP contribution is -2.39. The molecule has 0 radical (unpaired) electrons. The van der Waals surface area contributed by atoms with Crippen molar-refractivity contribution < 1.29 is 18.4 Å². The van der Waals surface area contributed by atoms with E-state index in [1.165, 1.54) is 35.2 Å². The molecule has 1 unspecified atom stereocenters. The molecule has 3 aromatic rings. The molecular formula is C21H18FN3O3S. The second-order valence-corrected chi connectivity index (χ2v) is 7.62. The van der Waals surface area contributed by atoms with Crippen LogP contribution in [0, 0.1) is 5.82 Å². The second kappa shape index (κ2) is 8.00. The highest BCUT2D eigenvalue weighted by molar-refractivity contribution is 7.12. The molecule has 1 atom stereocenters. The number of hydrogen-bond donors (Lipinski definition) is 0. The van der Waals surface area contributed by atoms with Gasteiger partial charge in [0.2, 0.25) is 0 Å². The first-order valence-corrected chi connectivity index (χ1v) is 9.89. The van der Waals surface area contributed by atoms with E-state index in [0.717, 1.165) is 16.7 Å². The molecule has 4 rings (SSSR count). The van der Waals surface area contributed by atoms with Gasteiger partial charge in [-0.1, -0.05) is 12.1 Å².